The number of hydrogen-bond acceptors (Lipinski definition) is 6. The molecule has 0 saturated carbocycles. The molecular weight excluding hydrogens is 360 g/mol. The molecule has 0 fully saturated rings. The number of aryl methyl sites for hydroxylation is 1. The Hall–Kier alpha value is -2.25. The monoisotopic (exact) mass is 386 g/mol. The molecule has 0 bridgehead atoms. The number of fused-ring (bicyclic) bond motifs is 1. The van der Waals surface area contributed by atoms with Crippen molar-refractivity contribution in [1.82, 2.24) is 19.5 Å². The minimum absolute atomic E-state index is 0.106. The molecule has 3 aromatic rings. The van der Waals surface area contributed by atoms with E-state index in [1.165, 1.54) is 21.4 Å². The Morgan fingerprint density at radius 3 is 2.59 bits per heavy atom. The van der Waals surface area contributed by atoms with Gasteiger partial charge in [0.25, 0.3) is 5.56 Å². The van der Waals surface area contributed by atoms with Crippen LogP contribution in [0.3, 0.4) is 0 Å². The molecule has 0 atom stereocenters. The van der Waals surface area contributed by atoms with E-state index < -0.39 is 0 Å². The summed E-state index contributed by atoms with van der Waals surface area (Å²) in [5.74, 6) is 0.887. The molecule has 2 heterocycles. The molecule has 0 spiro atoms. The third-order valence-corrected chi connectivity index (χ3v) is 5.25. The molecule has 0 radical (unpaired) electrons. The van der Waals surface area contributed by atoms with Crippen LogP contribution in [0.15, 0.2) is 35.1 Å². The lowest BCUT2D eigenvalue weighted by molar-refractivity contribution is 0.268. The van der Waals surface area contributed by atoms with Crippen LogP contribution in [0.2, 0.25) is 0 Å². The van der Waals surface area contributed by atoms with E-state index in [2.05, 4.69) is 41.0 Å². The van der Waals surface area contributed by atoms with E-state index in [1.54, 1.807) is 6.07 Å². The molecule has 6 nitrogen and oxygen atoms in total. The molecule has 0 aliphatic heterocycles. The second-order valence-electron chi connectivity index (χ2n) is 6.41. The van der Waals surface area contributed by atoms with Gasteiger partial charge in [-0.1, -0.05) is 37.3 Å². The second-order valence-corrected chi connectivity index (χ2v) is 7.45. The molecule has 0 unspecified atom stereocenters. The first-order chi connectivity index (χ1) is 13.1. The van der Waals surface area contributed by atoms with Crippen molar-refractivity contribution in [3.8, 4) is 5.75 Å². The van der Waals surface area contributed by atoms with Crippen molar-refractivity contribution in [2.75, 3.05) is 13.2 Å². The largest absolute Gasteiger partial charge is 0.494 e. The Morgan fingerprint density at radius 2 is 1.93 bits per heavy atom. The van der Waals surface area contributed by atoms with E-state index in [9.17, 15) is 4.79 Å². The minimum Gasteiger partial charge on any atom is -0.494 e. The maximum atomic E-state index is 12.4. The average molecular weight is 387 g/mol. The van der Waals surface area contributed by atoms with Crippen LogP contribution < -0.4 is 10.3 Å². The van der Waals surface area contributed by atoms with Gasteiger partial charge in [0.05, 0.1) is 12.3 Å². The highest BCUT2D eigenvalue weighted by Crippen LogP contribution is 2.16. The Balaban J connectivity index is 1.74. The summed E-state index contributed by atoms with van der Waals surface area (Å²) in [7, 11) is 0. The van der Waals surface area contributed by atoms with Gasteiger partial charge in [-0.05, 0) is 37.6 Å². The molecule has 144 valence electrons. The van der Waals surface area contributed by atoms with Crippen LogP contribution in [0.25, 0.3) is 4.96 Å². The smallest absolute Gasteiger partial charge is 0.275 e. The first-order valence-corrected chi connectivity index (χ1v) is 10.3. The van der Waals surface area contributed by atoms with Crippen LogP contribution in [0, 0.1) is 0 Å². The third kappa shape index (κ3) is 4.93. The lowest BCUT2D eigenvalue weighted by Gasteiger charge is -2.20. The van der Waals surface area contributed by atoms with Gasteiger partial charge >= 0.3 is 0 Å². The number of benzene rings is 1. The fourth-order valence-corrected chi connectivity index (χ4v) is 3.94. The summed E-state index contributed by atoms with van der Waals surface area (Å²) in [5.41, 5.74) is 1.89. The normalized spacial score (nSPS) is 11.4. The van der Waals surface area contributed by atoms with Gasteiger partial charge in [0.15, 0.2) is 0 Å². The van der Waals surface area contributed by atoms with Crippen molar-refractivity contribution in [2.24, 2.45) is 0 Å². The number of ether oxygens (including phenoxy) is 1. The molecule has 0 aliphatic rings. The lowest BCUT2D eigenvalue weighted by atomic mass is 10.2. The fourth-order valence-electron chi connectivity index (χ4n) is 2.92. The summed E-state index contributed by atoms with van der Waals surface area (Å²) in [4.78, 5) is 20.0. The van der Waals surface area contributed by atoms with Crippen molar-refractivity contribution < 1.29 is 4.74 Å². The maximum Gasteiger partial charge on any atom is 0.275 e. The summed E-state index contributed by atoms with van der Waals surface area (Å²) >= 11 is 1.50. The summed E-state index contributed by atoms with van der Waals surface area (Å²) in [5, 5.41) is 5.33. The van der Waals surface area contributed by atoms with Crippen molar-refractivity contribution >= 4 is 16.3 Å². The van der Waals surface area contributed by atoms with Gasteiger partial charge < -0.3 is 4.74 Å². The quantitative estimate of drug-likeness (QED) is 0.563. The van der Waals surface area contributed by atoms with E-state index in [4.69, 9.17) is 4.74 Å². The highest BCUT2D eigenvalue weighted by atomic mass is 32.1. The van der Waals surface area contributed by atoms with Gasteiger partial charge in [-0.25, -0.2) is 4.98 Å². The number of hydrogen-bond donors (Lipinski definition) is 0. The summed E-state index contributed by atoms with van der Waals surface area (Å²) in [6.07, 6.45) is 1.88. The average Bonchev–Trinajstić information content (AvgIpc) is 3.06. The molecule has 7 heteroatoms. The zero-order valence-electron chi connectivity index (χ0n) is 16.1. The highest BCUT2D eigenvalue weighted by molar-refractivity contribution is 7.16. The molecule has 0 amide bonds. The molecule has 0 N–H and O–H groups in total. The van der Waals surface area contributed by atoms with Crippen molar-refractivity contribution in [3.63, 3.8) is 0 Å². The van der Waals surface area contributed by atoms with Gasteiger partial charge in [0.1, 0.15) is 10.8 Å². The van der Waals surface area contributed by atoms with Crippen LogP contribution in [-0.2, 0) is 19.5 Å². The Morgan fingerprint density at radius 1 is 1.15 bits per heavy atom. The summed E-state index contributed by atoms with van der Waals surface area (Å²) < 4.78 is 6.91. The first-order valence-electron chi connectivity index (χ1n) is 9.45. The fraction of sp³-hybridized carbons (Fsp3) is 0.450. The molecule has 0 aliphatic carbocycles. The van der Waals surface area contributed by atoms with Crippen LogP contribution in [-0.4, -0.2) is 32.6 Å². The van der Waals surface area contributed by atoms with Crippen molar-refractivity contribution in [3.05, 3.63) is 57.0 Å². The van der Waals surface area contributed by atoms with E-state index in [-0.39, 0.29) is 5.56 Å². The Labute approximate surface area is 163 Å². The molecule has 2 aromatic heterocycles. The van der Waals surface area contributed by atoms with Crippen molar-refractivity contribution in [2.45, 2.75) is 46.7 Å². The molecular formula is C20H26N4O2S. The maximum absolute atomic E-state index is 12.4. The first kappa shape index (κ1) is 19.5. The SMILES string of the molecule is CCCc1nn2c(=O)cc(CN(CC)Cc3ccc(OCC)cc3)nc2s1. The van der Waals surface area contributed by atoms with Crippen LogP contribution in [0.5, 0.6) is 5.75 Å². The second kappa shape index (κ2) is 9.10. The number of rotatable bonds is 9. The topological polar surface area (TPSA) is 59.7 Å². The zero-order chi connectivity index (χ0) is 19.2. The Kier molecular flexibility index (Phi) is 6.58. The van der Waals surface area contributed by atoms with Gasteiger partial charge in [-0.3, -0.25) is 9.69 Å². The van der Waals surface area contributed by atoms with E-state index in [0.29, 0.717) is 18.1 Å². The summed E-state index contributed by atoms with van der Waals surface area (Å²) in [6, 6.07) is 9.76. The van der Waals surface area contributed by atoms with Gasteiger partial charge in [-0.2, -0.15) is 9.61 Å². The van der Waals surface area contributed by atoms with Crippen molar-refractivity contribution in [1.29, 1.82) is 0 Å². The zero-order valence-corrected chi connectivity index (χ0v) is 17.0. The van der Waals surface area contributed by atoms with Gasteiger partial charge in [0.2, 0.25) is 4.96 Å². The number of aromatic nitrogens is 3. The van der Waals surface area contributed by atoms with Crippen LogP contribution >= 0.6 is 11.3 Å². The van der Waals surface area contributed by atoms with Gasteiger partial charge in [-0.15, -0.1) is 0 Å². The van der Waals surface area contributed by atoms with E-state index >= 15 is 0 Å². The number of nitrogens with zero attached hydrogens (tertiary/aromatic N) is 4. The highest BCUT2D eigenvalue weighted by Gasteiger charge is 2.11. The predicted octanol–water partition coefficient (Wildman–Crippen LogP) is 3.52. The molecule has 1 aromatic carbocycles. The lowest BCUT2D eigenvalue weighted by Crippen LogP contribution is -2.25. The van der Waals surface area contributed by atoms with Gasteiger partial charge in [0, 0.05) is 25.6 Å². The predicted molar refractivity (Wildman–Crippen MR) is 109 cm³/mol. The minimum atomic E-state index is -0.106. The third-order valence-electron chi connectivity index (χ3n) is 4.28. The molecule has 27 heavy (non-hydrogen) atoms. The van der Waals surface area contributed by atoms with E-state index in [1.807, 2.05) is 19.1 Å². The van der Waals surface area contributed by atoms with E-state index in [0.717, 1.165) is 42.4 Å². The standard InChI is InChI=1S/C20H26N4O2S/c1-4-7-18-22-24-19(25)12-16(21-20(24)27-18)14-23(5-2)13-15-8-10-17(11-9-15)26-6-3/h8-12H,4-7,13-14H2,1-3H3. The molecule has 0 saturated heterocycles. The molecule has 3 rings (SSSR count). The van der Waals surface area contributed by atoms with Crippen LogP contribution in [0.1, 0.15) is 43.5 Å². The summed E-state index contributed by atoms with van der Waals surface area (Å²) in [6.45, 7) is 9.18. The Bertz CT molecular complexity index is 933. The van der Waals surface area contributed by atoms with Crippen LogP contribution in [0.4, 0.5) is 0 Å².